The minimum Gasteiger partial charge on any atom is -0.456 e. The Morgan fingerprint density at radius 2 is 1.52 bits per heavy atom. The van der Waals surface area contributed by atoms with Crippen LogP contribution in [-0.4, -0.2) is 28.9 Å². The second-order valence-electron chi connectivity index (χ2n) is 6.25. The van der Waals surface area contributed by atoms with Crippen molar-refractivity contribution in [3.63, 3.8) is 0 Å². The molecule has 5 heteroatoms. The van der Waals surface area contributed by atoms with Crippen LogP contribution in [0.4, 0.5) is 0 Å². The van der Waals surface area contributed by atoms with Crippen molar-refractivity contribution in [1.29, 1.82) is 0 Å². The molecule has 0 aliphatic heterocycles. The third-order valence-corrected chi connectivity index (χ3v) is 4.68. The summed E-state index contributed by atoms with van der Waals surface area (Å²) in [5, 5.41) is 0. The molecule has 116 valence electrons. The Morgan fingerprint density at radius 3 is 2.10 bits per heavy atom. The average Bonchev–Trinajstić information content (AvgIpc) is 2.55. The van der Waals surface area contributed by atoms with Gasteiger partial charge in [-0.3, -0.25) is 4.79 Å². The van der Waals surface area contributed by atoms with Crippen molar-refractivity contribution in [2.24, 2.45) is 11.8 Å². The molecule has 2 aliphatic rings. The first-order chi connectivity index (χ1) is 10.2. The molecule has 2 saturated carbocycles. The Morgan fingerprint density at radius 1 is 0.952 bits per heavy atom. The van der Waals surface area contributed by atoms with Gasteiger partial charge in [0, 0.05) is 5.92 Å². The maximum atomic E-state index is 12.2. The van der Waals surface area contributed by atoms with Gasteiger partial charge in [0.05, 0.1) is 6.61 Å². The van der Waals surface area contributed by atoms with Gasteiger partial charge in [0.2, 0.25) is 0 Å². The van der Waals surface area contributed by atoms with Crippen molar-refractivity contribution in [1.82, 2.24) is 0 Å². The van der Waals surface area contributed by atoms with Crippen LogP contribution in [-0.2, 0) is 14.3 Å². The van der Waals surface area contributed by atoms with Crippen LogP contribution in [0.5, 0.6) is 0 Å². The van der Waals surface area contributed by atoms with Gasteiger partial charge in [0.25, 0.3) is 5.78 Å². The number of nitrogens with zero attached hydrogens (tertiary/aromatic N) is 2. The van der Waals surface area contributed by atoms with E-state index in [0.717, 1.165) is 44.9 Å². The van der Waals surface area contributed by atoms with E-state index in [1.807, 2.05) is 0 Å². The van der Waals surface area contributed by atoms with Crippen molar-refractivity contribution < 1.29 is 19.1 Å². The summed E-state index contributed by atoms with van der Waals surface area (Å²) in [5.74, 6) is -0.927. The zero-order valence-electron chi connectivity index (χ0n) is 12.6. The van der Waals surface area contributed by atoms with Crippen LogP contribution >= 0.6 is 0 Å². The molecule has 2 fully saturated rings. The van der Waals surface area contributed by atoms with Crippen molar-refractivity contribution in [2.75, 3.05) is 6.61 Å². The maximum absolute atomic E-state index is 12.2. The van der Waals surface area contributed by atoms with E-state index < -0.39 is 11.7 Å². The van der Waals surface area contributed by atoms with Crippen LogP contribution in [0.25, 0.3) is 5.53 Å². The van der Waals surface area contributed by atoms with Gasteiger partial charge in [0.15, 0.2) is 0 Å². The maximum Gasteiger partial charge on any atom is 0.441 e. The highest BCUT2D eigenvalue weighted by atomic mass is 16.5. The molecule has 0 atom stereocenters. The second-order valence-corrected chi connectivity index (χ2v) is 6.25. The highest BCUT2D eigenvalue weighted by Gasteiger charge is 2.37. The normalized spacial score (nSPS) is 20.6. The Balaban J connectivity index is 1.85. The van der Waals surface area contributed by atoms with Crippen LogP contribution in [0, 0.1) is 11.8 Å². The Kier molecular flexibility index (Phi) is 6.12. The summed E-state index contributed by atoms with van der Waals surface area (Å²) in [5.41, 5.74) is 8.58. The molecule has 2 rings (SSSR count). The van der Waals surface area contributed by atoms with Gasteiger partial charge in [-0.2, -0.15) is 4.79 Å². The van der Waals surface area contributed by atoms with Gasteiger partial charge < -0.3 is 10.3 Å². The lowest BCUT2D eigenvalue weighted by molar-refractivity contribution is -0.144. The molecule has 0 amide bonds. The highest BCUT2D eigenvalue weighted by molar-refractivity contribution is 6.62. The molecule has 0 radical (unpaired) electrons. The van der Waals surface area contributed by atoms with E-state index in [1.165, 1.54) is 19.3 Å². The number of ether oxygens (including phenoxy) is 1. The average molecular weight is 292 g/mol. The quantitative estimate of drug-likeness (QED) is 0.257. The number of hydrogen-bond donors (Lipinski definition) is 0. The van der Waals surface area contributed by atoms with Crippen LogP contribution in [0.3, 0.4) is 0 Å². The monoisotopic (exact) mass is 292 g/mol. The number of esters is 1. The molecule has 0 N–H and O–H groups in total. The molecular formula is C16H24N2O3. The van der Waals surface area contributed by atoms with Crippen molar-refractivity contribution in [3.05, 3.63) is 5.53 Å². The fraction of sp³-hybridized carbons (Fsp3) is 0.812. The van der Waals surface area contributed by atoms with E-state index >= 15 is 0 Å². The summed E-state index contributed by atoms with van der Waals surface area (Å²) in [6, 6.07) is 0. The van der Waals surface area contributed by atoms with E-state index in [-0.39, 0.29) is 11.7 Å². The summed E-state index contributed by atoms with van der Waals surface area (Å²) in [6.45, 7) is 0.329. The molecule has 0 aromatic rings. The third kappa shape index (κ3) is 4.50. The van der Waals surface area contributed by atoms with Gasteiger partial charge in [-0.15, -0.1) is 0 Å². The second kappa shape index (κ2) is 8.08. The molecule has 0 spiro atoms. The molecule has 0 heterocycles. The summed E-state index contributed by atoms with van der Waals surface area (Å²) in [7, 11) is 0. The minimum absolute atomic E-state index is 0.188. The molecule has 0 bridgehead atoms. The van der Waals surface area contributed by atoms with E-state index in [1.54, 1.807) is 0 Å². The van der Waals surface area contributed by atoms with Gasteiger partial charge in [0.1, 0.15) is 0 Å². The molecular weight excluding hydrogens is 268 g/mol. The highest BCUT2D eigenvalue weighted by Crippen LogP contribution is 2.25. The van der Waals surface area contributed by atoms with Crippen LogP contribution < -0.4 is 0 Å². The summed E-state index contributed by atoms with van der Waals surface area (Å²) >= 11 is 0. The Hall–Kier alpha value is -1.48. The number of Topliss-reactive ketones (excluding diaryl/α,β-unsaturated/α-hetero) is 1. The van der Waals surface area contributed by atoms with Gasteiger partial charge in [-0.25, -0.2) is 4.79 Å². The van der Waals surface area contributed by atoms with Crippen LogP contribution in [0.1, 0.15) is 64.2 Å². The minimum atomic E-state index is -0.765. The molecule has 0 saturated heterocycles. The number of carbonyl (C=O) groups excluding carboxylic acids is 2. The predicted molar refractivity (Wildman–Crippen MR) is 77.7 cm³/mol. The summed E-state index contributed by atoms with van der Waals surface area (Å²) in [4.78, 5) is 27.1. The third-order valence-electron chi connectivity index (χ3n) is 4.68. The number of ketones is 1. The molecule has 5 nitrogen and oxygen atoms in total. The van der Waals surface area contributed by atoms with Gasteiger partial charge in [-0.05, 0) is 31.6 Å². The molecule has 21 heavy (non-hydrogen) atoms. The van der Waals surface area contributed by atoms with E-state index in [4.69, 9.17) is 10.3 Å². The van der Waals surface area contributed by atoms with Gasteiger partial charge in [-0.1, -0.05) is 38.5 Å². The molecule has 0 aromatic carbocycles. The van der Waals surface area contributed by atoms with Crippen LogP contribution in [0.15, 0.2) is 0 Å². The topological polar surface area (TPSA) is 79.8 Å². The first-order valence-corrected chi connectivity index (χ1v) is 8.15. The molecule has 2 aliphatic carbocycles. The Labute approximate surface area is 125 Å². The SMILES string of the molecule is [N-]=[N+]=C(C(=O)OCC1CCCCC1)C(=O)C1CCCCC1. The number of carbonyl (C=O) groups is 2. The lowest BCUT2D eigenvalue weighted by Gasteiger charge is -2.21. The Bertz CT molecular complexity index is 429. The van der Waals surface area contributed by atoms with Crippen molar-refractivity contribution in [2.45, 2.75) is 64.2 Å². The first kappa shape index (κ1) is 15.9. The fourth-order valence-electron chi connectivity index (χ4n) is 3.36. The molecule has 0 aromatic heterocycles. The predicted octanol–water partition coefficient (Wildman–Crippen LogP) is 2.93. The molecule has 0 unspecified atom stereocenters. The largest absolute Gasteiger partial charge is 0.456 e. The van der Waals surface area contributed by atoms with E-state index in [2.05, 4.69) is 4.79 Å². The standard InChI is InChI=1S/C16H24N2O3/c17-18-14(15(19)13-9-5-2-6-10-13)16(20)21-11-12-7-3-1-4-8-12/h12-13H,1-11H2. The van der Waals surface area contributed by atoms with E-state index in [0.29, 0.717) is 12.5 Å². The van der Waals surface area contributed by atoms with Gasteiger partial charge >= 0.3 is 11.7 Å². The first-order valence-electron chi connectivity index (χ1n) is 8.15. The fourth-order valence-corrected chi connectivity index (χ4v) is 3.36. The van der Waals surface area contributed by atoms with E-state index in [9.17, 15) is 9.59 Å². The lowest BCUT2D eigenvalue weighted by Crippen LogP contribution is -2.34. The smallest absolute Gasteiger partial charge is 0.441 e. The van der Waals surface area contributed by atoms with Crippen molar-refractivity contribution in [3.8, 4) is 0 Å². The zero-order chi connectivity index (χ0) is 15.1. The van der Waals surface area contributed by atoms with Crippen LogP contribution in [0.2, 0.25) is 0 Å². The summed E-state index contributed by atoms with van der Waals surface area (Å²) in [6.07, 6.45) is 10.4. The number of hydrogen-bond acceptors (Lipinski definition) is 3. The number of rotatable bonds is 5. The lowest BCUT2D eigenvalue weighted by atomic mass is 9.84. The zero-order valence-corrected chi connectivity index (χ0v) is 12.6. The summed E-state index contributed by atoms with van der Waals surface area (Å²) < 4.78 is 5.20. The van der Waals surface area contributed by atoms with Crippen molar-refractivity contribution >= 4 is 17.5 Å².